The number of piperidine rings is 1. The standard InChI is InChI=1S/C12H18N2O2S/c13-12(16)10-5-11(17-8-10)6-14-3-1-9(7-15)2-4-14/h5,8-9,15H,1-4,6-7H2,(H2,13,16). The molecule has 2 rings (SSSR count). The van der Waals surface area contributed by atoms with Crippen LogP contribution in [0.3, 0.4) is 0 Å². The highest BCUT2D eigenvalue weighted by Gasteiger charge is 2.19. The Bertz CT molecular complexity index is 384. The summed E-state index contributed by atoms with van der Waals surface area (Å²) in [6, 6.07) is 1.88. The lowest BCUT2D eigenvalue weighted by Crippen LogP contribution is -2.34. The first-order valence-electron chi connectivity index (χ1n) is 5.89. The van der Waals surface area contributed by atoms with E-state index in [1.54, 1.807) is 11.3 Å². The van der Waals surface area contributed by atoms with Crippen LogP contribution in [-0.2, 0) is 6.54 Å². The van der Waals surface area contributed by atoms with Crippen molar-refractivity contribution in [2.75, 3.05) is 19.7 Å². The van der Waals surface area contributed by atoms with Crippen LogP contribution in [0.15, 0.2) is 11.4 Å². The Hall–Kier alpha value is -0.910. The molecule has 2 heterocycles. The summed E-state index contributed by atoms with van der Waals surface area (Å²) in [4.78, 5) is 14.5. The van der Waals surface area contributed by atoms with E-state index >= 15 is 0 Å². The zero-order valence-corrected chi connectivity index (χ0v) is 10.6. The van der Waals surface area contributed by atoms with Crippen LogP contribution < -0.4 is 5.73 Å². The topological polar surface area (TPSA) is 66.6 Å². The van der Waals surface area contributed by atoms with Gasteiger partial charge >= 0.3 is 0 Å². The Morgan fingerprint density at radius 1 is 1.53 bits per heavy atom. The lowest BCUT2D eigenvalue weighted by Gasteiger charge is -2.30. The Labute approximate surface area is 105 Å². The highest BCUT2D eigenvalue weighted by molar-refractivity contribution is 7.10. The molecule has 0 aliphatic carbocycles. The molecule has 1 aromatic rings. The number of rotatable bonds is 4. The number of thiophene rings is 1. The zero-order valence-electron chi connectivity index (χ0n) is 9.76. The van der Waals surface area contributed by atoms with E-state index in [2.05, 4.69) is 4.90 Å². The summed E-state index contributed by atoms with van der Waals surface area (Å²) >= 11 is 1.59. The van der Waals surface area contributed by atoms with Crippen molar-refractivity contribution < 1.29 is 9.90 Å². The molecular weight excluding hydrogens is 236 g/mol. The minimum absolute atomic E-state index is 0.304. The average Bonchev–Trinajstić information content (AvgIpc) is 2.79. The van der Waals surface area contributed by atoms with Gasteiger partial charge in [-0.3, -0.25) is 9.69 Å². The van der Waals surface area contributed by atoms with Crippen molar-refractivity contribution in [3.05, 3.63) is 21.9 Å². The van der Waals surface area contributed by atoms with Gasteiger partial charge in [0.15, 0.2) is 0 Å². The minimum Gasteiger partial charge on any atom is -0.396 e. The monoisotopic (exact) mass is 254 g/mol. The number of aliphatic hydroxyl groups is 1. The van der Waals surface area contributed by atoms with Gasteiger partial charge < -0.3 is 10.8 Å². The molecular formula is C12H18N2O2S. The van der Waals surface area contributed by atoms with Gasteiger partial charge in [-0.1, -0.05) is 0 Å². The van der Waals surface area contributed by atoms with Crippen LogP contribution in [-0.4, -0.2) is 35.6 Å². The number of amides is 1. The maximum Gasteiger partial charge on any atom is 0.249 e. The second-order valence-electron chi connectivity index (χ2n) is 4.57. The summed E-state index contributed by atoms with van der Waals surface area (Å²) < 4.78 is 0. The summed E-state index contributed by atoms with van der Waals surface area (Å²) in [6.07, 6.45) is 2.12. The normalized spacial score (nSPS) is 18.4. The van der Waals surface area contributed by atoms with Crippen molar-refractivity contribution in [2.24, 2.45) is 11.7 Å². The summed E-state index contributed by atoms with van der Waals surface area (Å²) in [5.41, 5.74) is 5.83. The number of hydrogen-bond acceptors (Lipinski definition) is 4. The number of aliphatic hydroxyl groups excluding tert-OH is 1. The predicted octanol–water partition coefficient (Wildman–Crippen LogP) is 1.05. The number of likely N-dealkylation sites (tertiary alicyclic amines) is 1. The molecule has 0 aromatic carbocycles. The van der Waals surface area contributed by atoms with E-state index in [9.17, 15) is 4.79 Å². The van der Waals surface area contributed by atoms with Gasteiger partial charge in [0.1, 0.15) is 0 Å². The summed E-state index contributed by atoms with van der Waals surface area (Å²) in [6.45, 7) is 3.23. The van der Waals surface area contributed by atoms with E-state index in [-0.39, 0.29) is 5.91 Å². The molecule has 94 valence electrons. The number of hydrogen-bond donors (Lipinski definition) is 2. The second kappa shape index (κ2) is 5.62. The van der Waals surface area contributed by atoms with Crippen molar-refractivity contribution >= 4 is 17.2 Å². The van der Waals surface area contributed by atoms with Gasteiger partial charge in [0, 0.05) is 23.4 Å². The molecule has 1 fully saturated rings. The first-order chi connectivity index (χ1) is 8.19. The SMILES string of the molecule is NC(=O)c1csc(CN2CCC(CO)CC2)c1. The van der Waals surface area contributed by atoms with E-state index in [4.69, 9.17) is 10.8 Å². The van der Waals surface area contributed by atoms with Crippen molar-refractivity contribution in [2.45, 2.75) is 19.4 Å². The highest BCUT2D eigenvalue weighted by atomic mass is 32.1. The molecule has 1 saturated heterocycles. The Morgan fingerprint density at radius 3 is 2.76 bits per heavy atom. The molecule has 1 aliphatic rings. The van der Waals surface area contributed by atoms with Gasteiger partial charge in [-0.05, 0) is 37.9 Å². The minimum atomic E-state index is -0.355. The first kappa shape index (κ1) is 12.5. The van der Waals surface area contributed by atoms with Crippen LogP contribution in [0, 0.1) is 5.92 Å². The van der Waals surface area contributed by atoms with Crippen molar-refractivity contribution in [1.82, 2.24) is 4.90 Å². The van der Waals surface area contributed by atoms with Gasteiger partial charge in [-0.2, -0.15) is 0 Å². The number of carbonyl (C=O) groups excluding carboxylic acids is 1. The van der Waals surface area contributed by atoms with Crippen LogP contribution in [0.25, 0.3) is 0 Å². The quantitative estimate of drug-likeness (QED) is 0.844. The summed E-state index contributed by atoms with van der Waals surface area (Å²) in [7, 11) is 0. The Kier molecular flexibility index (Phi) is 4.15. The third-order valence-corrected chi connectivity index (χ3v) is 4.20. The molecule has 0 spiro atoms. The number of nitrogens with two attached hydrogens (primary N) is 1. The van der Waals surface area contributed by atoms with Crippen molar-refractivity contribution in [3.8, 4) is 0 Å². The Balaban J connectivity index is 1.86. The van der Waals surface area contributed by atoms with Gasteiger partial charge in [-0.25, -0.2) is 0 Å². The molecule has 0 atom stereocenters. The van der Waals surface area contributed by atoms with E-state index < -0.39 is 0 Å². The molecule has 3 N–H and O–H groups in total. The molecule has 1 aliphatic heterocycles. The molecule has 1 aromatic heterocycles. The largest absolute Gasteiger partial charge is 0.396 e. The lowest BCUT2D eigenvalue weighted by atomic mass is 9.98. The van der Waals surface area contributed by atoms with E-state index in [1.807, 2.05) is 11.4 Å². The summed E-state index contributed by atoms with van der Waals surface area (Å²) in [5, 5.41) is 10.9. The third-order valence-electron chi connectivity index (χ3n) is 3.28. The third kappa shape index (κ3) is 3.28. The molecule has 17 heavy (non-hydrogen) atoms. The fraction of sp³-hybridized carbons (Fsp3) is 0.583. The van der Waals surface area contributed by atoms with Gasteiger partial charge in [0.25, 0.3) is 0 Å². The molecule has 5 heteroatoms. The van der Waals surface area contributed by atoms with E-state index in [0.29, 0.717) is 18.1 Å². The van der Waals surface area contributed by atoms with Crippen molar-refractivity contribution in [3.63, 3.8) is 0 Å². The number of primary amides is 1. The van der Waals surface area contributed by atoms with Crippen LogP contribution in [0.2, 0.25) is 0 Å². The molecule has 0 radical (unpaired) electrons. The van der Waals surface area contributed by atoms with Crippen LogP contribution in [0.4, 0.5) is 0 Å². The highest BCUT2D eigenvalue weighted by Crippen LogP contribution is 2.21. The van der Waals surface area contributed by atoms with Crippen LogP contribution in [0.5, 0.6) is 0 Å². The lowest BCUT2D eigenvalue weighted by molar-refractivity contribution is 0.100. The average molecular weight is 254 g/mol. The van der Waals surface area contributed by atoms with E-state index in [0.717, 1.165) is 32.5 Å². The Morgan fingerprint density at radius 2 is 2.24 bits per heavy atom. The maximum atomic E-state index is 11.0. The number of nitrogens with zero attached hydrogens (tertiary/aromatic N) is 1. The van der Waals surface area contributed by atoms with Gasteiger partial charge in [-0.15, -0.1) is 11.3 Å². The molecule has 4 nitrogen and oxygen atoms in total. The molecule has 0 saturated carbocycles. The predicted molar refractivity (Wildman–Crippen MR) is 67.9 cm³/mol. The molecule has 0 unspecified atom stereocenters. The second-order valence-corrected chi connectivity index (χ2v) is 5.56. The van der Waals surface area contributed by atoms with Gasteiger partial charge in [0.05, 0.1) is 5.56 Å². The smallest absolute Gasteiger partial charge is 0.249 e. The van der Waals surface area contributed by atoms with Gasteiger partial charge in [0.2, 0.25) is 5.91 Å². The van der Waals surface area contributed by atoms with Crippen LogP contribution >= 0.6 is 11.3 Å². The van der Waals surface area contributed by atoms with E-state index in [1.165, 1.54) is 4.88 Å². The molecule has 0 bridgehead atoms. The van der Waals surface area contributed by atoms with Crippen molar-refractivity contribution in [1.29, 1.82) is 0 Å². The summed E-state index contributed by atoms with van der Waals surface area (Å²) in [5.74, 6) is 0.113. The fourth-order valence-corrected chi connectivity index (χ4v) is 3.05. The van der Waals surface area contributed by atoms with Crippen LogP contribution in [0.1, 0.15) is 28.1 Å². The zero-order chi connectivity index (χ0) is 12.3. The fourth-order valence-electron chi connectivity index (χ4n) is 2.14. The maximum absolute atomic E-state index is 11.0. The number of carbonyl (C=O) groups is 1. The first-order valence-corrected chi connectivity index (χ1v) is 6.77. The molecule has 1 amide bonds.